The van der Waals surface area contributed by atoms with E-state index in [0.717, 1.165) is 6.26 Å². The van der Waals surface area contributed by atoms with Crippen molar-refractivity contribution in [3.8, 4) is 5.75 Å². The van der Waals surface area contributed by atoms with Gasteiger partial charge in [-0.1, -0.05) is 0 Å². The van der Waals surface area contributed by atoms with Gasteiger partial charge in [-0.2, -0.15) is 0 Å². The topological polar surface area (TPSA) is 92.4 Å². The van der Waals surface area contributed by atoms with Crippen LogP contribution in [0.1, 0.15) is 16.8 Å². The van der Waals surface area contributed by atoms with Crippen LogP contribution in [0.4, 0.5) is 4.39 Å². The van der Waals surface area contributed by atoms with Gasteiger partial charge in [0.1, 0.15) is 11.6 Å². The summed E-state index contributed by atoms with van der Waals surface area (Å²) in [6.45, 7) is 1.14. The molecule has 2 aromatic rings. The number of sulfone groups is 1. The monoisotopic (exact) mass is 367 g/mol. The zero-order chi connectivity index (χ0) is 18.2. The van der Waals surface area contributed by atoms with E-state index in [1.807, 2.05) is 4.90 Å². The maximum atomic E-state index is 14.0. The van der Waals surface area contributed by atoms with E-state index in [4.69, 9.17) is 4.74 Å². The summed E-state index contributed by atoms with van der Waals surface area (Å²) >= 11 is 0. The molecule has 1 aromatic heterocycles. The van der Waals surface area contributed by atoms with Gasteiger partial charge in [-0.3, -0.25) is 14.7 Å². The quantitative estimate of drug-likeness (QED) is 0.807. The van der Waals surface area contributed by atoms with Crippen molar-refractivity contribution in [2.75, 3.05) is 19.9 Å². The van der Waals surface area contributed by atoms with Crippen LogP contribution in [0, 0.1) is 5.82 Å². The van der Waals surface area contributed by atoms with Crippen LogP contribution in [0.3, 0.4) is 0 Å². The van der Waals surface area contributed by atoms with Gasteiger partial charge < -0.3 is 4.74 Å². The molecule has 0 atom stereocenters. The molecule has 0 amide bonds. The summed E-state index contributed by atoms with van der Waals surface area (Å²) in [5.74, 6) is 0.213. The number of hydrogen-bond donors (Lipinski definition) is 1. The van der Waals surface area contributed by atoms with Crippen LogP contribution in [-0.4, -0.2) is 43.2 Å². The van der Waals surface area contributed by atoms with Crippen LogP contribution in [0.25, 0.3) is 0 Å². The minimum atomic E-state index is -3.61. The molecule has 2 heterocycles. The Hall–Kier alpha value is -2.26. The number of rotatable bonds is 4. The summed E-state index contributed by atoms with van der Waals surface area (Å²) in [4.78, 5) is 20.4. The maximum absolute atomic E-state index is 14.0. The Morgan fingerprint density at radius 2 is 2.16 bits per heavy atom. The lowest BCUT2D eigenvalue weighted by molar-refractivity contribution is 0.235. The number of ether oxygens (including phenoxy) is 1. The molecule has 9 heteroatoms. The number of hydrogen-bond acceptors (Lipinski definition) is 6. The van der Waals surface area contributed by atoms with E-state index in [9.17, 15) is 17.6 Å². The highest BCUT2D eigenvalue weighted by Gasteiger charge is 2.24. The molecule has 1 N–H and O–H groups in total. The van der Waals surface area contributed by atoms with Crippen molar-refractivity contribution in [1.29, 1.82) is 0 Å². The highest BCUT2D eigenvalue weighted by atomic mass is 32.2. The molecule has 1 aliphatic rings. The first-order valence-electron chi connectivity index (χ1n) is 7.65. The van der Waals surface area contributed by atoms with Crippen molar-refractivity contribution in [1.82, 2.24) is 14.9 Å². The van der Waals surface area contributed by atoms with E-state index in [1.54, 1.807) is 12.1 Å². The van der Waals surface area contributed by atoms with E-state index in [2.05, 4.69) is 9.97 Å². The first-order chi connectivity index (χ1) is 11.8. The fourth-order valence-electron chi connectivity index (χ4n) is 2.82. The van der Waals surface area contributed by atoms with Crippen LogP contribution >= 0.6 is 0 Å². The van der Waals surface area contributed by atoms with E-state index in [0.29, 0.717) is 42.1 Å². The number of methoxy groups -OCH3 is 1. The van der Waals surface area contributed by atoms with Gasteiger partial charge in [0, 0.05) is 37.0 Å². The van der Waals surface area contributed by atoms with Crippen LogP contribution in [0.15, 0.2) is 28.2 Å². The fourth-order valence-corrected chi connectivity index (χ4v) is 3.38. The summed E-state index contributed by atoms with van der Waals surface area (Å²) in [7, 11) is -2.10. The third kappa shape index (κ3) is 3.72. The third-order valence-electron chi connectivity index (χ3n) is 4.13. The highest BCUT2D eigenvalue weighted by molar-refractivity contribution is 7.90. The average molecular weight is 367 g/mol. The van der Waals surface area contributed by atoms with E-state index >= 15 is 0 Å². The number of nitrogens with one attached hydrogen (secondary N) is 1. The Bertz CT molecular complexity index is 972. The summed E-state index contributed by atoms with van der Waals surface area (Å²) in [6, 6.07) is 4.51. The molecule has 0 radical (unpaired) electrons. The molecule has 7 nitrogen and oxygen atoms in total. The third-order valence-corrected chi connectivity index (χ3v) is 5.02. The summed E-state index contributed by atoms with van der Waals surface area (Å²) in [6.07, 6.45) is 1.41. The molecule has 3 rings (SSSR count). The smallest absolute Gasteiger partial charge is 0.255 e. The molecule has 134 valence electrons. The minimum absolute atomic E-state index is 0.276. The SMILES string of the molecule is COc1ccc(F)c(CN2CCc3c(nc(S(C)(=O)=O)[nH]c3=O)C2)c1. The second-order valence-corrected chi connectivity index (χ2v) is 7.92. The predicted octanol–water partition coefficient (Wildman–Crippen LogP) is 0.879. The number of aromatic nitrogens is 2. The minimum Gasteiger partial charge on any atom is -0.497 e. The molecule has 25 heavy (non-hydrogen) atoms. The van der Waals surface area contributed by atoms with Gasteiger partial charge in [-0.25, -0.2) is 17.8 Å². The highest BCUT2D eigenvalue weighted by Crippen LogP contribution is 2.21. The first kappa shape index (κ1) is 17.6. The van der Waals surface area contributed by atoms with Crippen LogP contribution in [0.2, 0.25) is 0 Å². The van der Waals surface area contributed by atoms with Gasteiger partial charge in [0.15, 0.2) is 0 Å². The number of fused-ring (bicyclic) bond motifs is 1. The second-order valence-electron chi connectivity index (χ2n) is 5.99. The van der Waals surface area contributed by atoms with Gasteiger partial charge in [-0.15, -0.1) is 0 Å². The van der Waals surface area contributed by atoms with E-state index < -0.39 is 15.4 Å². The van der Waals surface area contributed by atoms with E-state index in [1.165, 1.54) is 13.2 Å². The van der Waals surface area contributed by atoms with Crippen molar-refractivity contribution in [2.24, 2.45) is 0 Å². The number of halogens is 1. The molecule has 0 bridgehead atoms. The number of benzene rings is 1. The average Bonchev–Trinajstić information content (AvgIpc) is 2.55. The predicted molar refractivity (Wildman–Crippen MR) is 88.7 cm³/mol. The normalized spacial score (nSPS) is 15.0. The van der Waals surface area contributed by atoms with Crippen LogP contribution in [0.5, 0.6) is 5.75 Å². The molecule has 0 spiro atoms. The first-order valence-corrected chi connectivity index (χ1v) is 9.54. The van der Waals surface area contributed by atoms with Crippen molar-refractivity contribution in [3.05, 3.63) is 51.2 Å². The van der Waals surface area contributed by atoms with Crippen molar-refractivity contribution in [2.45, 2.75) is 24.7 Å². The Balaban J connectivity index is 1.88. The molecule has 0 fully saturated rings. The second kappa shape index (κ2) is 6.57. The standard InChI is InChI=1S/C16H18FN3O4S/c1-24-11-3-4-13(17)10(7-11)8-20-6-5-12-14(9-20)18-16(19-15(12)21)25(2,22)23/h3-4,7H,5-6,8-9H2,1-2H3,(H,18,19,21). The fraction of sp³-hybridized carbons (Fsp3) is 0.375. The Kier molecular flexibility index (Phi) is 4.61. The zero-order valence-electron chi connectivity index (χ0n) is 13.9. The molecule has 1 aromatic carbocycles. The van der Waals surface area contributed by atoms with Gasteiger partial charge in [0.25, 0.3) is 5.56 Å². The van der Waals surface area contributed by atoms with Gasteiger partial charge in [0.2, 0.25) is 15.0 Å². The number of H-pyrrole nitrogens is 1. The Labute approximate surface area is 144 Å². The summed E-state index contributed by atoms with van der Waals surface area (Å²) in [5, 5.41) is -0.342. The largest absolute Gasteiger partial charge is 0.497 e. The molecule has 0 saturated carbocycles. The van der Waals surface area contributed by atoms with Crippen molar-refractivity contribution in [3.63, 3.8) is 0 Å². The van der Waals surface area contributed by atoms with Crippen LogP contribution < -0.4 is 10.3 Å². The van der Waals surface area contributed by atoms with Crippen molar-refractivity contribution < 1.29 is 17.5 Å². The molecule has 0 saturated heterocycles. The lowest BCUT2D eigenvalue weighted by atomic mass is 10.1. The van der Waals surface area contributed by atoms with Gasteiger partial charge in [0.05, 0.1) is 12.8 Å². The Morgan fingerprint density at radius 3 is 2.84 bits per heavy atom. The number of aromatic amines is 1. The van der Waals surface area contributed by atoms with E-state index in [-0.39, 0.29) is 17.5 Å². The van der Waals surface area contributed by atoms with Gasteiger partial charge >= 0.3 is 0 Å². The number of nitrogens with zero attached hydrogens (tertiary/aromatic N) is 2. The maximum Gasteiger partial charge on any atom is 0.255 e. The molecule has 0 aliphatic carbocycles. The molecular formula is C16H18FN3O4S. The van der Waals surface area contributed by atoms with Crippen molar-refractivity contribution >= 4 is 9.84 Å². The summed E-state index contributed by atoms with van der Waals surface area (Å²) < 4.78 is 42.4. The lowest BCUT2D eigenvalue weighted by Gasteiger charge is -2.27. The van der Waals surface area contributed by atoms with Crippen LogP contribution in [-0.2, 0) is 29.3 Å². The molecular weight excluding hydrogens is 349 g/mol. The molecule has 0 unspecified atom stereocenters. The Morgan fingerprint density at radius 1 is 1.40 bits per heavy atom. The zero-order valence-corrected chi connectivity index (χ0v) is 14.7. The van der Waals surface area contributed by atoms with Gasteiger partial charge in [-0.05, 0) is 24.6 Å². The summed E-state index contributed by atoms with van der Waals surface area (Å²) in [5.41, 5.74) is 0.933. The molecule has 1 aliphatic heterocycles. The lowest BCUT2D eigenvalue weighted by Crippen LogP contribution is -2.35.